The largest absolute Gasteiger partial charge is 0.388 e. The molecule has 0 spiro atoms. The summed E-state index contributed by atoms with van der Waals surface area (Å²) in [6.07, 6.45) is 1.19. The maximum atomic E-state index is 11.6. The van der Waals surface area contributed by atoms with Crippen molar-refractivity contribution in [1.29, 1.82) is 5.26 Å². The van der Waals surface area contributed by atoms with Gasteiger partial charge in [0.2, 0.25) is 0 Å². The molecule has 0 aliphatic heterocycles. The van der Waals surface area contributed by atoms with Gasteiger partial charge in [0.05, 0.1) is 4.90 Å². The van der Waals surface area contributed by atoms with Crippen LogP contribution in [-0.4, -0.2) is 21.7 Å². The third kappa shape index (κ3) is 3.58. The lowest BCUT2D eigenvalue weighted by Gasteiger charge is -2.07. The number of thiophene rings is 1. The Morgan fingerprint density at radius 1 is 1.00 bits per heavy atom. The van der Waals surface area contributed by atoms with Crippen LogP contribution in [0.1, 0.15) is 4.88 Å². The lowest BCUT2D eigenvalue weighted by atomic mass is 10.0. The van der Waals surface area contributed by atoms with Gasteiger partial charge in [0.15, 0.2) is 9.84 Å². The Morgan fingerprint density at radius 2 is 1.60 bits per heavy atom. The molecule has 1 N–H and O–H groups in total. The first-order valence-electron chi connectivity index (χ1n) is 7.55. The third-order valence-corrected chi connectivity index (χ3v) is 6.09. The molecule has 0 amide bonds. The molecule has 4 nitrogen and oxygen atoms in total. The predicted molar refractivity (Wildman–Crippen MR) is 103 cm³/mol. The van der Waals surface area contributed by atoms with E-state index in [-0.39, 0.29) is 4.90 Å². The number of hydrogen-bond donors (Lipinski definition) is 1. The van der Waals surface area contributed by atoms with Crippen LogP contribution in [0.5, 0.6) is 0 Å². The highest BCUT2D eigenvalue weighted by Gasteiger charge is 2.14. The minimum absolute atomic E-state index is 0.284. The standard InChI is InChI=1S/C19H16N2O2S2/c1-21-15-7-3-14(4-8-15)19-18(11-16(12-20)24-19)13-5-9-17(10-6-13)25(2,22)23/h3-11,21H,1-2H3. The zero-order valence-corrected chi connectivity index (χ0v) is 15.4. The molecule has 2 aromatic carbocycles. The quantitative estimate of drug-likeness (QED) is 0.741. The van der Waals surface area contributed by atoms with E-state index in [0.717, 1.165) is 27.3 Å². The molecule has 25 heavy (non-hydrogen) atoms. The van der Waals surface area contributed by atoms with Crippen LogP contribution in [0.2, 0.25) is 0 Å². The van der Waals surface area contributed by atoms with E-state index in [4.69, 9.17) is 0 Å². The average molecular weight is 368 g/mol. The van der Waals surface area contributed by atoms with Gasteiger partial charge >= 0.3 is 0 Å². The highest BCUT2D eigenvalue weighted by Crippen LogP contribution is 2.39. The lowest BCUT2D eigenvalue weighted by molar-refractivity contribution is 0.602. The van der Waals surface area contributed by atoms with Crippen molar-refractivity contribution in [2.45, 2.75) is 4.90 Å². The smallest absolute Gasteiger partial charge is 0.175 e. The highest BCUT2D eigenvalue weighted by molar-refractivity contribution is 7.90. The van der Waals surface area contributed by atoms with Crippen molar-refractivity contribution >= 4 is 26.9 Å². The van der Waals surface area contributed by atoms with Gasteiger partial charge in [-0.2, -0.15) is 5.26 Å². The Kier molecular flexibility index (Phi) is 4.62. The normalized spacial score (nSPS) is 11.1. The van der Waals surface area contributed by atoms with Crippen LogP contribution in [0, 0.1) is 11.3 Å². The first-order valence-corrected chi connectivity index (χ1v) is 10.3. The monoisotopic (exact) mass is 368 g/mol. The maximum Gasteiger partial charge on any atom is 0.175 e. The first-order chi connectivity index (χ1) is 11.9. The summed E-state index contributed by atoms with van der Waals surface area (Å²) in [4.78, 5) is 1.90. The molecule has 1 heterocycles. The van der Waals surface area contributed by atoms with Gasteiger partial charge in [-0.1, -0.05) is 24.3 Å². The van der Waals surface area contributed by atoms with Gasteiger partial charge < -0.3 is 5.32 Å². The Hall–Kier alpha value is -2.62. The summed E-state index contributed by atoms with van der Waals surface area (Å²) in [7, 11) is -1.36. The third-order valence-electron chi connectivity index (χ3n) is 3.87. The van der Waals surface area contributed by atoms with Gasteiger partial charge in [-0.3, -0.25) is 0 Å². The SMILES string of the molecule is CNc1ccc(-c2sc(C#N)cc2-c2ccc(S(C)(=O)=O)cc2)cc1. The fourth-order valence-electron chi connectivity index (χ4n) is 2.54. The molecule has 3 aromatic rings. The zero-order valence-electron chi connectivity index (χ0n) is 13.8. The number of sulfone groups is 1. The zero-order chi connectivity index (χ0) is 18.0. The van der Waals surface area contributed by atoms with Crippen LogP contribution < -0.4 is 5.32 Å². The molecule has 0 unspecified atom stereocenters. The predicted octanol–water partition coefficient (Wildman–Crippen LogP) is 4.40. The maximum absolute atomic E-state index is 11.6. The van der Waals surface area contributed by atoms with Crippen molar-refractivity contribution < 1.29 is 8.42 Å². The Morgan fingerprint density at radius 3 is 2.12 bits per heavy atom. The van der Waals surface area contributed by atoms with Gasteiger partial charge in [0.1, 0.15) is 10.9 Å². The van der Waals surface area contributed by atoms with Gasteiger partial charge in [0, 0.05) is 29.4 Å². The van der Waals surface area contributed by atoms with Crippen molar-refractivity contribution in [2.24, 2.45) is 0 Å². The van der Waals surface area contributed by atoms with Gasteiger partial charge in [-0.05, 0) is 41.5 Å². The number of nitrogens with zero attached hydrogens (tertiary/aromatic N) is 1. The first kappa shape index (κ1) is 17.2. The molecule has 0 fully saturated rings. The van der Waals surface area contributed by atoms with Crippen molar-refractivity contribution in [2.75, 3.05) is 18.6 Å². The molecule has 3 rings (SSSR count). The van der Waals surface area contributed by atoms with Crippen LogP contribution in [-0.2, 0) is 9.84 Å². The fraction of sp³-hybridized carbons (Fsp3) is 0.105. The second-order valence-electron chi connectivity index (χ2n) is 5.59. The molecule has 0 bridgehead atoms. The van der Waals surface area contributed by atoms with E-state index >= 15 is 0 Å². The Labute approximate surface area is 151 Å². The topological polar surface area (TPSA) is 70.0 Å². The summed E-state index contributed by atoms with van der Waals surface area (Å²) < 4.78 is 23.3. The van der Waals surface area contributed by atoms with Crippen molar-refractivity contribution in [3.63, 3.8) is 0 Å². The van der Waals surface area contributed by atoms with E-state index in [9.17, 15) is 13.7 Å². The highest BCUT2D eigenvalue weighted by atomic mass is 32.2. The summed E-state index contributed by atoms with van der Waals surface area (Å²) in [6.45, 7) is 0. The van der Waals surface area contributed by atoms with E-state index in [1.807, 2.05) is 37.4 Å². The van der Waals surface area contributed by atoms with Crippen LogP contribution in [0.25, 0.3) is 21.6 Å². The summed E-state index contributed by atoms with van der Waals surface area (Å²) in [5, 5.41) is 12.4. The second-order valence-corrected chi connectivity index (χ2v) is 8.66. The lowest BCUT2D eigenvalue weighted by Crippen LogP contribution is -1.96. The molecule has 126 valence electrons. The molecule has 0 saturated heterocycles. The Balaban J connectivity index is 2.10. The fourth-order valence-corrected chi connectivity index (χ4v) is 4.16. The van der Waals surface area contributed by atoms with Gasteiger partial charge in [-0.25, -0.2) is 8.42 Å². The van der Waals surface area contributed by atoms with E-state index in [1.54, 1.807) is 24.3 Å². The van der Waals surface area contributed by atoms with Crippen molar-refractivity contribution in [3.05, 3.63) is 59.5 Å². The van der Waals surface area contributed by atoms with Crippen molar-refractivity contribution in [1.82, 2.24) is 0 Å². The average Bonchev–Trinajstić information content (AvgIpc) is 3.05. The summed E-state index contributed by atoms with van der Waals surface area (Å²) >= 11 is 1.43. The number of hydrogen-bond acceptors (Lipinski definition) is 5. The molecule has 6 heteroatoms. The molecule has 0 aliphatic carbocycles. The van der Waals surface area contributed by atoms with Crippen LogP contribution in [0.15, 0.2) is 59.5 Å². The summed E-state index contributed by atoms with van der Waals surface area (Å²) in [5.74, 6) is 0. The minimum Gasteiger partial charge on any atom is -0.388 e. The van der Waals surface area contributed by atoms with E-state index in [2.05, 4.69) is 11.4 Å². The van der Waals surface area contributed by atoms with Crippen LogP contribution in [0.4, 0.5) is 5.69 Å². The molecule has 0 saturated carbocycles. The van der Waals surface area contributed by atoms with E-state index in [0.29, 0.717) is 4.88 Å². The summed E-state index contributed by atoms with van der Waals surface area (Å²) in [6, 6.07) is 18.8. The van der Waals surface area contributed by atoms with Gasteiger partial charge in [-0.15, -0.1) is 11.3 Å². The van der Waals surface area contributed by atoms with Crippen LogP contribution >= 0.6 is 11.3 Å². The van der Waals surface area contributed by atoms with Crippen molar-refractivity contribution in [3.8, 4) is 27.6 Å². The number of anilines is 1. The molecule has 0 radical (unpaired) electrons. The number of nitriles is 1. The number of benzene rings is 2. The molecule has 0 aliphatic rings. The minimum atomic E-state index is -3.23. The van der Waals surface area contributed by atoms with Crippen LogP contribution in [0.3, 0.4) is 0 Å². The number of nitrogens with one attached hydrogen (secondary N) is 1. The molecular weight excluding hydrogens is 352 g/mol. The van der Waals surface area contributed by atoms with Gasteiger partial charge in [0.25, 0.3) is 0 Å². The summed E-state index contributed by atoms with van der Waals surface area (Å²) in [5.41, 5.74) is 3.85. The number of rotatable bonds is 4. The second kappa shape index (κ2) is 6.71. The van der Waals surface area contributed by atoms with E-state index in [1.165, 1.54) is 17.6 Å². The van der Waals surface area contributed by atoms with E-state index < -0.39 is 9.84 Å². The Bertz CT molecular complexity index is 1040. The molecule has 0 atom stereocenters. The molecule has 1 aromatic heterocycles. The molecular formula is C19H16N2O2S2.